The molecule has 0 radical (unpaired) electrons. The summed E-state index contributed by atoms with van der Waals surface area (Å²) in [6.45, 7) is 3.91. The van der Waals surface area contributed by atoms with E-state index < -0.39 is 35.4 Å². The molecule has 9 nitrogen and oxygen atoms in total. The van der Waals surface area contributed by atoms with Crippen molar-refractivity contribution in [2.45, 2.75) is 50.2 Å². The highest BCUT2D eigenvalue weighted by atomic mass is 32.2. The Balaban J connectivity index is 1.86. The van der Waals surface area contributed by atoms with Gasteiger partial charge in [-0.15, -0.1) is 11.8 Å². The van der Waals surface area contributed by atoms with Crippen LogP contribution in [0.25, 0.3) is 0 Å². The molecule has 4 N–H and O–H groups in total. The molecular formula is C22H30N4O5S. The lowest BCUT2D eigenvalue weighted by Crippen LogP contribution is -2.57. The van der Waals surface area contributed by atoms with Crippen LogP contribution in [0.1, 0.15) is 38.3 Å². The molecule has 32 heavy (non-hydrogen) atoms. The van der Waals surface area contributed by atoms with Gasteiger partial charge in [-0.3, -0.25) is 14.4 Å². The minimum atomic E-state index is -1.22. The van der Waals surface area contributed by atoms with Crippen LogP contribution in [-0.2, 0) is 19.2 Å². The van der Waals surface area contributed by atoms with Crippen LogP contribution in [0.15, 0.2) is 30.3 Å². The standard InChI is InChI=1S/C22H30N4O5S/c1-22(2)11-16-26(20(29)14(9-10-32-16)24-15(27)12-23-3)18(22)19(28)25-17(21(30)31)13-7-5-4-6-8-13/h4-8,14,16-18,23H,9-12H2,1-3H3,(H,24,27)(H,25,28)(H,30,31)/t14-,16-,17?,18+/m0/s1. The van der Waals surface area contributed by atoms with Crippen LogP contribution >= 0.6 is 11.8 Å². The van der Waals surface area contributed by atoms with Crippen LogP contribution in [0.2, 0.25) is 0 Å². The Bertz CT molecular complexity index is 878. The Morgan fingerprint density at radius 3 is 2.56 bits per heavy atom. The highest BCUT2D eigenvalue weighted by molar-refractivity contribution is 7.99. The molecule has 1 aromatic rings. The first-order valence-corrected chi connectivity index (χ1v) is 11.7. The van der Waals surface area contributed by atoms with Crippen molar-refractivity contribution in [3.8, 4) is 0 Å². The van der Waals surface area contributed by atoms with Crippen molar-refractivity contribution in [2.24, 2.45) is 5.41 Å². The van der Waals surface area contributed by atoms with E-state index in [-0.39, 0.29) is 23.7 Å². The lowest BCUT2D eigenvalue weighted by Gasteiger charge is -2.34. The Morgan fingerprint density at radius 2 is 1.94 bits per heavy atom. The first kappa shape index (κ1) is 24.1. The van der Waals surface area contributed by atoms with Crippen LogP contribution in [0.3, 0.4) is 0 Å². The molecule has 2 aliphatic heterocycles. The van der Waals surface area contributed by atoms with Gasteiger partial charge in [-0.05, 0) is 36.6 Å². The van der Waals surface area contributed by atoms with Gasteiger partial charge in [0, 0.05) is 0 Å². The largest absolute Gasteiger partial charge is 0.479 e. The minimum Gasteiger partial charge on any atom is -0.479 e. The third-order valence-corrected chi connectivity index (χ3v) is 7.14. The Hall–Kier alpha value is -2.59. The van der Waals surface area contributed by atoms with Gasteiger partial charge in [0.15, 0.2) is 6.04 Å². The molecule has 0 saturated carbocycles. The zero-order valence-corrected chi connectivity index (χ0v) is 19.3. The van der Waals surface area contributed by atoms with E-state index in [1.54, 1.807) is 54.0 Å². The number of fused-ring (bicyclic) bond motifs is 1. The summed E-state index contributed by atoms with van der Waals surface area (Å²) >= 11 is 1.59. The molecule has 10 heteroatoms. The topological polar surface area (TPSA) is 128 Å². The molecule has 0 bridgehead atoms. The van der Waals surface area contributed by atoms with Crippen LogP contribution in [0.5, 0.6) is 0 Å². The van der Waals surface area contributed by atoms with E-state index in [9.17, 15) is 24.3 Å². The molecule has 3 amide bonds. The molecular weight excluding hydrogens is 432 g/mol. The number of aliphatic carboxylic acids is 1. The first-order valence-electron chi connectivity index (χ1n) is 10.6. The molecule has 2 heterocycles. The monoisotopic (exact) mass is 462 g/mol. The van der Waals surface area contributed by atoms with Crippen molar-refractivity contribution in [1.82, 2.24) is 20.9 Å². The fourth-order valence-corrected chi connectivity index (χ4v) is 5.99. The van der Waals surface area contributed by atoms with Crippen molar-refractivity contribution in [3.05, 3.63) is 35.9 Å². The van der Waals surface area contributed by atoms with Gasteiger partial charge in [0.05, 0.1) is 11.9 Å². The number of hydrogen-bond donors (Lipinski definition) is 4. The number of amides is 3. The van der Waals surface area contributed by atoms with Crippen molar-refractivity contribution >= 4 is 35.5 Å². The molecule has 0 spiro atoms. The summed E-state index contributed by atoms with van der Waals surface area (Å²) in [4.78, 5) is 52.4. The first-order chi connectivity index (χ1) is 15.2. The zero-order valence-electron chi connectivity index (χ0n) is 18.5. The van der Waals surface area contributed by atoms with Crippen molar-refractivity contribution in [2.75, 3.05) is 19.3 Å². The lowest BCUT2D eigenvalue weighted by molar-refractivity contribution is -0.146. The van der Waals surface area contributed by atoms with Crippen molar-refractivity contribution in [1.29, 1.82) is 0 Å². The SMILES string of the molecule is CNCC(=O)N[C@H]1CCS[C@H]2CC(C)(C)[C@@H](C(=O)NC(C(=O)O)c3ccccc3)N2C1=O. The van der Waals surface area contributed by atoms with E-state index in [4.69, 9.17) is 0 Å². The van der Waals surface area contributed by atoms with E-state index >= 15 is 0 Å². The second-order valence-electron chi connectivity index (χ2n) is 8.80. The summed E-state index contributed by atoms with van der Waals surface area (Å²) in [6, 6.07) is 5.68. The average Bonchev–Trinajstić information content (AvgIpc) is 2.93. The van der Waals surface area contributed by atoms with Gasteiger partial charge in [0.2, 0.25) is 17.7 Å². The molecule has 4 atom stereocenters. The molecule has 1 aromatic carbocycles. The smallest absolute Gasteiger partial charge is 0.330 e. The highest BCUT2D eigenvalue weighted by Gasteiger charge is 2.54. The minimum absolute atomic E-state index is 0.0904. The predicted octanol–water partition coefficient (Wildman–Crippen LogP) is 0.723. The summed E-state index contributed by atoms with van der Waals surface area (Å²) in [6.07, 6.45) is 1.07. The summed E-state index contributed by atoms with van der Waals surface area (Å²) in [5.74, 6) is -1.61. The van der Waals surface area contributed by atoms with Crippen LogP contribution < -0.4 is 16.0 Å². The number of likely N-dealkylation sites (N-methyl/N-ethyl adjacent to an activating group) is 1. The van der Waals surface area contributed by atoms with E-state index in [1.807, 2.05) is 13.8 Å². The molecule has 0 aromatic heterocycles. The molecule has 1 unspecified atom stereocenters. The number of thioether (sulfide) groups is 1. The van der Waals surface area contributed by atoms with E-state index in [1.165, 1.54) is 0 Å². The number of carboxylic acid groups (broad SMARTS) is 1. The quantitative estimate of drug-likeness (QED) is 0.470. The maximum Gasteiger partial charge on any atom is 0.330 e. The number of carbonyl (C=O) groups excluding carboxylic acids is 3. The third kappa shape index (κ3) is 5.07. The Kier molecular flexibility index (Phi) is 7.45. The second kappa shape index (κ2) is 9.91. The summed E-state index contributed by atoms with van der Waals surface area (Å²) in [5.41, 5.74) is -0.108. The molecule has 2 aliphatic rings. The number of benzene rings is 1. The van der Waals surface area contributed by atoms with Gasteiger partial charge >= 0.3 is 5.97 Å². The maximum atomic E-state index is 13.4. The van der Waals surface area contributed by atoms with Gasteiger partial charge in [0.1, 0.15) is 12.1 Å². The normalized spacial score (nSPS) is 25.4. The molecule has 3 rings (SSSR count). The molecule has 0 aliphatic carbocycles. The van der Waals surface area contributed by atoms with Crippen molar-refractivity contribution < 1.29 is 24.3 Å². The van der Waals surface area contributed by atoms with Gasteiger partial charge < -0.3 is 26.0 Å². The summed E-state index contributed by atoms with van der Waals surface area (Å²) < 4.78 is 0. The Labute approximate surface area is 191 Å². The fraction of sp³-hybridized carbons (Fsp3) is 0.545. The third-order valence-electron chi connectivity index (χ3n) is 5.89. The van der Waals surface area contributed by atoms with Crippen LogP contribution in [0, 0.1) is 5.41 Å². The van der Waals surface area contributed by atoms with Crippen LogP contribution in [0.4, 0.5) is 0 Å². The summed E-state index contributed by atoms with van der Waals surface area (Å²) in [7, 11) is 1.65. The van der Waals surface area contributed by atoms with Gasteiger partial charge in [0.25, 0.3) is 0 Å². The summed E-state index contributed by atoms with van der Waals surface area (Å²) in [5, 5.41) is 17.7. The lowest BCUT2D eigenvalue weighted by atomic mass is 9.83. The highest BCUT2D eigenvalue weighted by Crippen LogP contribution is 2.46. The molecule has 2 fully saturated rings. The van der Waals surface area contributed by atoms with Gasteiger partial charge in [-0.2, -0.15) is 0 Å². The second-order valence-corrected chi connectivity index (χ2v) is 10.1. The number of carboxylic acids is 1. The number of rotatable bonds is 7. The van der Waals surface area contributed by atoms with Crippen LogP contribution in [-0.4, -0.2) is 70.5 Å². The maximum absolute atomic E-state index is 13.4. The number of hydrogen-bond acceptors (Lipinski definition) is 6. The van der Waals surface area contributed by atoms with E-state index in [2.05, 4.69) is 16.0 Å². The van der Waals surface area contributed by atoms with E-state index in [0.717, 1.165) is 0 Å². The predicted molar refractivity (Wildman–Crippen MR) is 121 cm³/mol. The van der Waals surface area contributed by atoms with E-state index in [0.29, 0.717) is 24.2 Å². The number of nitrogens with zero attached hydrogens (tertiary/aromatic N) is 1. The average molecular weight is 463 g/mol. The molecule has 2 saturated heterocycles. The number of nitrogens with one attached hydrogen (secondary N) is 3. The Morgan fingerprint density at radius 1 is 1.25 bits per heavy atom. The number of carbonyl (C=O) groups is 4. The van der Waals surface area contributed by atoms with Gasteiger partial charge in [-0.1, -0.05) is 44.2 Å². The fourth-order valence-electron chi connectivity index (χ4n) is 4.41. The zero-order chi connectivity index (χ0) is 23.5. The van der Waals surface area contributed by atoms with Gasteiger partial charge in [-0.25, -0.2) is 4.79 Å². The van der Waals surface area contributed by atoms with Crippen molar-refractivity contribution in [3.63, 3.8) is 0 Å². The molecule has 174 valence electrons.